The van der Waals surface area contributed by atoms with Crippen molar-refractivity contribution in [2.75, 3.05) is 20.8 Å². The molecule has 0 heterocycles. The summed E-state index contributed by atoms with van der Waals surface area (Å²) in [7, 11) is 2.86. The van der Waals surface area contributed by atoms with E-state index in [-0.39, 0.29) is 35.8 Å². The molecule has 2 aromatic rings. The maximum Gasteiger partial charge on any atom is 0.255 e. The Bertz CT molecular complexity index is 752. The van der Waals surface area contributed by atoms with Gasteiger partial charge in [0.05, 0.1) is 20.3 Å². The minimum atomic E-state index is -0.632. The molecule has 0 saturated carbocycles. The standard InChI is InChI=1S/C19H22N2O5/c1-12(13-7-5-4-6-8-13)21-19(23)14-9-15(24-2)18(16(10-14)25-3)26-11-17(20)22/h4-10,12H,11H2,1-3H3,(H2,20,22)(H,21,23)/t12-/m0/s1. The minimum Gasteiger partial charge on any atom is -0.493 e. The van der Waals surface area contributed by atoms with E-state index in [4.69, 9.17) is 19.9 Å². The summed E-state index contributed by atoms with van der Waals surface area (Å²) < 4.78 is 15.9. The largest absolute Gasteiger partial charge is 0.493 e. The van der Waals surface area contributed by atoms with E-state index in [2.05, 4.69) is 5.32 Å². The number of nitrogens with two attached hydrogens (primary N) is 1. The Morgan fingerprint density at radius 1 is 1.08 bits per heavy atom. The Labute approximate surface area is 152 Å². The van der Waals surface area contributed by atoms with Gasteiger partial charge in [-0.3, -0.25) is 9.59 Å². The third-order valence-electron chi connectivity index (χ3n) is 3.73. The number of hydrogen-bond donors (Lipinski definition) is 2. The molecule has 7 nitrogen and oxygen atoms in total. The number of hydrogen-bond acceptors (Lipinski definition) is 5. The maximum absolute atomic E-state index is 12.6. The molecule has 0 bridgehead atoms. The number of carbonyl (C=O) groups excluding carboxylic acids is 2. The molecule has 0 spiro atoms. The number of nitrogens with one attached hydrogen (secondary N) is 1. The average molecular weight is 358 g/mol. The summed E-state index contributed by atoms with van der Waals surface area (Å²) >= 11 is 0. The van der Waals surface area contributed by atoms with E-state index >= 15 is 0 Å². The van der Waals surface area contributed by atoms with Crippen LogP contribution in [0.4, 0.5) is 0 Å². The van der Waals surface area contributed by atoms with Crippen molar-refractivity contribution in [3.8, 4) is 17.2 Å². The molecule has 0 aromatic heterocycles. The van der Waals surface area contributed by atoms with Crippen LogP contribution < -0.4 is 25.3 Å². The molecule has 0 radical (unpaired) electrons. The number of carbonyl (C=O) groups is 2. The van der Waals surface area contributed by atoms with Gasteiger partial charge in [-0.15, -0.1) is 0 Å². The van der Waals surface area contributed by atoms with Gasteiger partial charge in [-0.1, -0.05) is 30.3 Å². The maximum atomic E-state index is 12.6. The highest BCUT2D eigenvalue weighted by Crippen LogP contribution is 2.38. The van der Waals surface area contributed by atoms with Crippen LogP contribution in [0.2, 0.25) is 0 Å². The average Bonchev–Trinajstić information content (AvgIpc) is 2.65. The number of primary amides is 1. The van der Waals surface area contributed by atoms with Crippen LogP contribution in [0.25, 0.3) is 0 Å². The number of rotatable bonds is 8. The molecule has 0 unspecified atom stereocenters. The summed E-state index contributed by atoms with van der Waals surface area (Å²) in [5.74, 6) is -0.181. The first-order chi connectivity index (χ1) is 12.5. The van der Waals surface area contributed by atoms with Gasteiger partial charge in [0.1, 0.15) is 0 Å². The molecule has 2 rings (SSSR count). The summed E-state index contributed by atoms with van der Waals surface area (Å²) in [6, 6.07) is 12.5. The SMILES string of the molecule is COc1cc(C(=O)N[C@@H](C)c2ccccc2)cc(OC)c1OCC(N)=O. The molecule has 7 heteroatoms. The van der Waals surface area contributed by atoms with E-state index in [0.717, 1.165) is 5.56 Å². The second-order valence-electron chi connectivity index (χ2n) is 5.57. The lowest BCUT2D eigenvalue weighted by molar-refractivity contribution is -0.120. The first kappa shape index (κ1) is 19.1. The van der Waals surface area contributed by atoms with Crippen molar-refractivity contribution in [3.63, 3.8) is 0 Å². The van der Waals surface area contributed by atoms with Crippen LogP contribution in [0.15, 0.2) is 42.5 Å². The lowest BCUT2D eigenvalue weighted by Crippen LogP contribution is -2.26. The summed E-state index contributed by atoms with van der Waals surface area (Å²) in [5.41, 5.74) is 6.43. The van der Waals surface area contributed by atoms with E-state index in [0.29, 0.717) is 5.56 Å². The fourth-order valence-electron chi connectivity index (χ4n) is 2.40. The highest BCUT2D eigenvalue weighted by molar-refractivity contribution is 5.96. The van der Waals surface area contributed by atoms with Crippen LogP contribution in [-0.2, 0) is 4.79 Å². The molecule has 0 aliphatic carbocycles. The van der Waals surface area contributed by atoms with Crippen molar-refractivity contribution in [2.24, 2.45) is 5.73 Å². The minimum absolute atomic E-state index is 0.175. The first-order valence-electron chi connectivity index (χ1n) is 7.99. The molecule has 138 valence electrons. The van der Waals surface area contributed by atoms with Crippen molar-refractivity contribution < 1.29 is 23.8 Å². The van der Waals surface area contributed by atoms with E-state index < -0.39 is 5.91 Å². The topological polar surface area (TPSA) is 99.9 Å². The molecule has 0 fully saturated rings. The zero-order valence-electron chi connectivity index (χ0n) is 14.9. The van der Waals surface area contributed by atoms with E-state index in [1.54, 1.807) is 0 Å². The molecular weight excluding hydrogens is 336 g/mol. The fraction of sp³-hybridized carbons (Fsp3) is 0.263. The van der Waals surface area contributed by atoms with E-state index in [1.807, 2.05) is 37.3 Å². The number of ether oxygens (including phenoxy) is 3. The summed E-state index contributed by atoms with van der Waals surface area (Å²) in [6.07, 6.45) is 0. The molecule has 2 aromatic carbocycles. The quantitative estimate of drug-likeness (QED) is 0.752. The molecule has 0 aliphatic heterocycles. The van der Waals surface area contributed by atoms with E-state index in [1.165, 1.54) is 26.4 Å². The van der Waals surface area contributed by atoms with Crippen LogP contribution in [0.5, 0.6) is 17.2 Å². The van der Waals surface area contributed by atoms with Gasteiger partial charge in [0.25, 0.3) is 11.8 Å². The van der Waals surface area contributed by atoms with Gasteiger partial charge >= 0.3 is 0 Å². The molecular formula is C19H22N2O5. The van der Waals surface area contributed by atoms with Gasteiger partial charge in [-0.2, -0.15) is 0 Å². The van der Waals surface area contributed by atoms with Crippen LogP contribution in [0.1, 0.15) is 28.9 Å². The number of benzene rings is 2. The van der Waals surface area contributed by atoms with Crippen LogP contribution in [0.3, 0.4) is 0 Å². The summed E-state index contributed by atoms with van der Waals surface area (Å²) in [5, 5.41) is 2.92. The van der Waals surface area contributed by atoms with Crippen molar-refractivity contribution in [3.05, 3.63) is 53.6 Å². The third-order valence-corrected chi connectivity index (χ3v) is 3.73. The van der Waals surface area contributed by atoms with Crippen molar-refractivity contribution in [2.45, 2.75) is 13.0 Å². The molecule has 1 atom stereocenters. The fourth-order valence-corrected chi connectivity index (χ4v) is 2.40. The van der Waals surface area contributed by atoms with Crippen LogP contribution in [-0.4, -0.2) is 32.6 Å². The van der Waals surface area contributed by atoms with Crippen molar-refractivity contribution >= 4 is 11.8 Å². The predicted molar refractivity (Wildman–Crippen MR) is 96.6 cm³/mol. The monoisotopic (exact) mass is 358 g/mol. The Balaban J connectivity index is 2.25. The number of methoxy groups -OCH3 is 2. The summed E-state index contributed by atoms with van der Waals surface area (Å²) in [4.78, 5) is 23.6. The zero-order chi connectivity index (χ0) is 19.1. The molecule has 3 N–H and O–H groups in total. The van der Waals surface area contributed by atoms with Crippen molar-refractivity contribution in [1.29, 1.82) is 0 Å². The van der Waals surface area contributed by atoms with E-state index in [9.17, 15) is 9.59 Å². The van der Waals surface area contributed by atoms with Crippen molar-refractivity contribution in [1.82, 2.24) is 5.32 Å². The van der Waals surface area contributed by atoms with Gasteiger partial charge in [0.2, 0.25) is 5.75 Å². The Hall–Kier alpha value is -3.22. The third kappa shape index (κ3) is 4.66. The first-order valence-corrected chi connectivity index (χ1v) is 7.99. The summed E-state index contributed by atoms with van der Waals surface area (Å²) in [6.45, 7) is 1.56. The van der Waals surface area contributed by atoms with Gasteiger partial charge in [-0.25, -0.2) is 0 Å². The number of amides is 2. The van der Waals surface area contributed by atoms with Gasteiger partial charge < -0.3 is 25.3 Å². The highest BCUT2D eigenvalue weighted by atomic mass is 16.5. The molecule has 0 aliphatic rings. The molecule has 0 saturated heterocycles. The van der Waals surface area contributed by atoms with Crippen LogP contribution in [0, 0.1) is 0 Å². The Morgan fingerprint density at radius 2 is 1.65 bits per heavy atom. The normalized spacial score (nSPS) is 11.3. The lowest BCUT2D eigenvalue weighted by Gasteiger charge is -2.17. The molecule has 2 amide bonds. The van der Waals surface area contributed by atoms with Crippen LogP contribution >= 0.6 is 0 Å². The smallest absolute Gasteiger partial charge is 0.255 e. The van der Waals surface area contributed by atoms with Gasteiger partial charge in [0.15, 0.2) is 18.1 Å². The highest BCUT2D eigenvalue weighted by Gasteiger charge is 2.19. The van der Waals surface area contributed by atoms with Gasteiger partial charge in [0, 0.05) is 5.56 Å². The zero-order valence-corrected chi connectivity index (χ0v) is 14.9. The Morgan fingerprint density at radius 3 is 2.15 bits per heavy atom. The predicted octanol–water partition coefficient (Wildman–Crippen LogP) is 2.06. The Kier molecular flexibility index (Phi) is 6.43. The second-order valence-corrected chi connectivity index (χ2v) is 5.57. The second kappa shape index (κ2) is 8.75. The van der Waals surface area contributed by atoms with Gasteiger partial charge in [-0.05, 0) is 24.6 Å². The molecule has 26 heavy (non-hydrogen) atoms. The lowest BCUT2D eigenvalue weighted by atomic mass is 10.1.